The van der Waals surface area contributed by atoms with Crippen molar-refractivity contribution < 1.29 is 15.0 Å². The van der Waals surface area contributed by atoms with Gasteiger partial charge < -0.3 is 10.2 Å². The molecule has 1 aromatic carbocycles. The maximum absolute atomic E-state index is 11.0. The Morgan fingerprint density at radius 1 is 1.44 bits per heavy atom. The molecule has 0 unspecified atom stereocenters. The molecule has 1 aliphatic rings. The summed E-state index contributed by atoms with van der Waals surface area (Å²) in [5.41, 5.74) is 0.631. The first-order valence-electron chi connectivity index (χ1n) is 5.07. The molecule has 0 saturated heterocycles. The van der Waals surface area contributed by atoms with E-state index in [1.807, 2.05) is 13.8 Å². The fourth-order valence-corrected chi connectivity index (χ4v) is 2.63. The Hall–Kier alpha value is -1.22. The summed E-state index contributed by atoms with van der Waals surface area (Å²) in [5, 5.41) is 18.6. The number of carbonyl (C=O) groups is 1. The number of benzene rings is 1. The van der Waals surface area contributed by atoms with Crippen molar-refractivity contribution in [3.63, 3.8) is 0 Å². The van der Waals surface area contributed by atoms with Gasteiger partial charge in [-0.05, 0) is 23.1 Å². The predicted molar refractivity (Wildman–Crippen MR) is 60.8 cm³/mol. The first-order chi connectivity index (χ1) is 7.35. The highest BCUT2D eigenvalue weighted by Crippen LogP contribution is 2.64. The summed E-state index contributed by atoms with van der Waals surface area (Å²) >= 11 is 5.81. The maximum atomic E-state index is 11.0. The Morgan fingerprint density at radius 2 is 2.06 bits per heavy atom. The topological polar surface area (TPSA) is 57.5 Å². The summed E-state index contributed by atoms with van der Waals surface area (Å²) in [6, 6.07) is 4.88. The summed E-state index contributed by atoms with van der Waals surface area (Å²) in [6.07, 6.45) is 0. The Kier molecular flexibility index (Phi) is 2.39. The number of aliphatic carboxylic acids is 1. The van der Waals surface area contributed by atoms with Crippen molar-refractivity contribution in [2.75, 3.05) is 0 Å². The van der Waals surface area contributed by atoms with Crippen LogP contribution in [0.4, 0.5) is 0 Å². The second kappa shape index (κ2) is 3.39. The van der Waals surface area contributed by atoms with Crippen molar-refractivity contribution >= 4 is 17.6 Å². The van der Waals surface area contributed by atoms with Gasteiger partial charge in [-0.2, -0.15) is 0 Å². The molecule has 0 aliphatic heterocycles. The minimum atomic E-state index is -0.779. The molecule has 3 nitrogen and oxygen atoms in total. The normalized spacial score (nSPS) is 26.4. The van der Waals surface area contributed by atoms with Crippen LogP contribution in [0, 0.1) is 11.3 Å². The number of carboxylic acid groups (broad SMARTS) is 1. The van der Waals surface area contributed by atoms with Gasteiger partial charge in [-0.25, -0.2) is 0 Å². The molecule has 2 N–H and O–H groups in total. The van der Waals surface area contributed by atoms with Crippen molar-refractivity contribution in [3.05, 3.63) is 28.8 Å². The quantitative estimate of drug-likeness (QED) is 0.836. The van der Waals surface area contributed by atoms with Gasteiger partial charge in [-0.15, -0.1) is 0 Å². The largest absolute Gasteiger partial charge is 0.506 e. The Balaban J connectivity index is 2.33. The third-order valence-electron chi connectivity index (χ3n) is 3.42. The molecule has 0 heterocycles. The average molecular weight is 241 g/mol. The lowest BCUT2D eigenvalue weighted by atomic mass is 10.0. The lowest BCUT2D eigenvalue weighted by molar-refractivity contribution is -0.139. The molecule has 0 bridgehead atoms. The molecule has 1 saturated carbocycles. The van der Waals surface area contributed by atoms with E-state index in [-0.39, 0.29) is 28.0 Å². The van der Waals surface area contributed by atoms with Gasteiger partial charge >= 0.3 is 5.97 Å². The van der Waals surface area contributed by atoms with Crippen LogP contribution in [0.5, 0.6) is 5.75 Å². The molecule has 1 fully saturated rings. The smallest absolute Gasteiger partial charge is 0.307 e. The van der Waals surface area contributed by atoms with E-state index >= 15 is 0 Å². The zero-order valence-electron chi connectivity index (χ0n) is 9.07. The van der Waals surface area contributed by atoms with Crippen LogP contribution < -0.4 is 0 Å². The van der Waals surface area contributed by atoms with E-state index in [9.17, 15) is 9.90 Å². The highest BCUT2D eigenvalue weighted by atomic mass is 35.5. The van der Waals surface area contributed by atoms with E-state index < -0.39 is 5.97 Å². The van der Waals surface area contributed by atoms with Crippen LogP contribution in [0.1, 0.15) is 25.3 Å². The number of halogens is 1. The minimum absolute atomic E-state index is 0.0238. The standard InChI is InChI=1S/C12H13ClO3/c1-12(2)9(10(12)11(15)16)6-3-4-8(14)7(13)5-6/h3-5,9-10,14H,1-2H3,(H,15,16)/t9-,10+/m1/s1. The van der Waals surface area contributed by atoms with Crippen LogP contribution in [0.3, 0.4) is 0 Å². The lowest BCUT2D eigenvalue weighted by Gasteiger charge is -2.04. The molecule has 1 aromatic rings. The molecule has 2 atom stereocenters. The summed E-state index contributed by atoms with van der Waals surface area (Å²) in [4.78, 5) is 11.0. The molecular weight excluding hydrogens is 228 g/mol. The van der Waals surface area contributed by atoms with Crippen LogP contribution in [0.25, 0.3) is 0 Å². The highest BCUT2D eigenvalue weighted by molar-refractivity contribution is 6.32. The highest BCUT2D eigenvalue weighted by Gasteiger charge is 2.62. The molecule has 0 aromatic heterocycles. The molecule has 1 aliphatic carbocycles. The number of aromatic hydroxyl groups is 1. The molecule has 0 radical (unpaired) electrons. The van der Waals surface area contributed by atoms with E-state index in [2.05, 4.69) is 0 Å². The van der Waals surface area contributed by atoms with Gasteiger partial charge in [0.05, 0.1) is 10.9 Å². The van der Waals surface area contributed by atoms with Gasteiger partial charge in [0.25, 0.3) is 0 Å². The Bertz CT molecular complexity index is 454. The summed E-state index contributed by atoms with van der Waals surface area (Å²) in [6.45, 7) is 3.86. The van der Waals surface area contributed by atoms with E-state index in [0.717, 1.165) is 5.56 Å². The van der Waals surface area contributed by atoms with Crippen molar-refractivity contribution in [3.8, 4) is 5.75 Å². The zero-order valence-corrected chi connectivity index (χ0v) is 9.82. The first kappa shape index (κ1) is 11.3. The van der Waals surface area contributed by atoms with Gasteiger partial charge in [0, 0.05) is 5.92 Å². The first-order valence-corrected chi connectivity index (χ1v) is 5.44. The van der Waals surface area contributed by atoms with Crippen LogP contribution in [-0.4, -0.2) is 16.2 Å². The number of phenolic OH excluding ortho intramolecular Hbond substituents is 1. The van der Waals surface area contributed by atoms with E-state index in [0.29, 0.717) is 0 Å². The van der Waals surface area contributed by atoms with Gasteiger partial charge in [-0.1, -0.05) is 31.5 Å². The van der Waals surface area contributed by atoms with Crippen LogP contribution in [0.15, 0.2) is 18.2 Å². The van der Waals surface area contributed by atoms with Crippen LogP contribution in [0.2, 0.25) is 5.02 Å². The summed E-state index contributed by atoms with van der Waals surface area (Å²) in [7, 11) is 0. The summed E-state index contributed by atoms with van der Waals surface area (Å²) in [5.74, 6) is -1.15. The minimum Gasteiger partial charge on any atom is -0.506 e. The van der Waals surface area contributed by atoms with Gasteiger partial charge in [-0.3, -0.25) is 4.79 Å². The molecule has 86 valence electrons. The molecular formula is C12H13ClO3. The average Bonchev–Trinajstić information content (AvgIpc) is 2.74. The van der Waals surface area contributed by atoms with Crippen molar-refractivity contribution in [2.24, 2.45) is 11.3 Å². The van der Waals surface area contributed by atoms with Crippen LogP contribution >= 0.6 is 11.6 Å². The summed E-state index contributed by atoms with van der Waals surface area (Å²) < 4.78 is 0. The monoisotopic (exact) mass is 240 g/mol. The number of hydrogen-bond donors (Lipinski definition) is 2. The molecule has 16 heavy (non-hydrogen) atoms. The van der Waals surface area contributed by atoms with Crippen LogP contribution in [-0.2, 0) is 4.79 Å². The van der Waals surface area contributed by atoms with Crippen molar-refractivity contribution in [1.82, 2.24) is 0 Å². The maximum Gasteiger partial charge on any atom is 0.307 e. The second-order valence-electron chi connectivity index (χ2n) is 4.83. The Labute approximate surface area is 98.7 Å². The second-order valence-corrected chi connectivity index (χ2v) is 5.23. The van der Waals surface area contributed by atoms with E-state index in [1.165, 1.54) is 6.07 Å². The fourth-order valence-electron chi connectivity index (χ4n) is 2.44. The van der Waals surface area contributed by atoms with Gasteiger partial charge in [0.15, 0.2) is 0 Å². The SMILES string of the molecule is CC1(C)[C@H](C(=O)O)[C@H]1c1ccc(O)c(Cl)c1. The number of rotatable bonds is 2. The zero-order chi connectivity index (χ0) is 12.1. The van der Waals surface area contributed by atoms with E-state index in [1.54, 1.807) is 12.1 Å². The number of carboxylic acids is 1. The van der Waals surface area contributed by atoms with Crippen molar-refractivity contribution in [2.45, 2.75) is 19.8 Å². The third-order valence-corrected chi connectivity index (χ3v) is 3.73. The lowest BCUT2D eigenvalue weighted by Crippen LogP contribution is -2.03. The fraction of sp³-hybridized carbons (Fsp3) is 0.417. The molecule has 0 amide bonds. The molecule has 4 heteroatoms. The number of phenols is 1. The van der Waals surface area contributed by atoms with Crippen molar-refractivity contribution in [1.29, 1.82) is 0 Å². The Morgan fingerprint density at radius 3 is 2.50 bits per heavy atom. The number of hydrogen-bond acceptors (Lipinski definition) is 2. The predicted octanol–water partition coefficient (Wildman–Crippen LogP) is 2.87. The van der Waals surface area contributed by atoms with E-state index in [4.69, 9.17) is 16.7 Å². The van der Waals surface area contributed by atoms with Gasteiger partial charge in [0.2, 0.25) is 0 Å². The van der Waals surface area contributed by atoms with Gasteiger partial charge in [0.1, 0.15) is 5.75 Å². The molecule has 2 rings (SSSR count). The third kappa shape index (κ3) is 1.55. The molecule has 0 spiro atoms.